The summed E-state index contributed by atoms with van der Waals surface area (Å²) in [6.07, 6.45) is 0. The van der Waals surface area contributed by atoms with Gasteiger partial charge in [-0.2, -0.15) is 5.10 Å². The topological polar surface area (TPSA) is 64.0 Å². The van der Waals surface area contributed by atoms with E-state index in [4.69, 9.17) is 11.6 Å². The molecule has 1 amide bonds. The van der Waals surface area contributed by atoms with Crippen molar-refractivity contribution in [3.63, 3.8) is 0 Å². The van der Waals surface area contributed by atoms with Gasteiger partial charge >= 0.3 is 0 Å². The zero-order chi connectivity index (χ0) is 20.4. The summed E-state index contributed by atoms with van der Waals surface area (Å²) in [5.41, 5.74) is 4.91. The van der Waals surface area contributed by atoms with Gasteiger partial charge in [-0.15, -0.1) is 0 Å². The van der Waals surface area contributed by atoms with Crippen molar-refractivity contribution in [1.29, 1.82) is 0 Å². The van der Waals surface area contributed by atoms with Gasteiger partial charge in [0.15, 0.2) is 0 Å². The SMILES string of the molecule is Cc1ccc(-c2ccc(=O)n([C@@H](C)C(=O)Nc3cccc(Cl)c3C)n2)cc1C. The highest BCUT2D eigenvalue weighted by Crippen LogP contribution is 2.24. The molecule has 0 fully saturated rings. The number of amides is 1. The number of nitrogens with zero attached hydrogens (tertiary/aromatic N) is 2. The van der Waals surface area contributed by atoms with E-state index in [1.165, 1.54) is 16.3 Å². The Morgan fingerprint density at radius 2 is 1.82 bits per heavy atom. The van der Waals surface area contributed by atoms with Gasteiger partial charge in [0.25, 0.3) is 5.56 Å². The number of rotatable bonds is 4. The molecular weight excluding hydrogens is 374 g/mol. The van der Waals surface area contributed by atoms with E-state index in [0.29, 0.717) is 16.4 Å². The van der Waals surface area contributed by atoms with E-state index in [1.807, 2.05) is 39.0 Å². The molecule has 0 aliphatic heterocycles. The molecule has 0 aliphatic rings. The predicted octanol–water partition coefficient (Wildman–Crippen LogP) is 4.69. The van der Waals surface area contributed by atoms with Gasteiger partial charge in [0.05, 0.1) is 5.69 Å². The highest BCUT2D eigenvalue weighted by Gasteiger charge is 2.19. The number of carbonyl (C=O) groups is 1. The van der Waals surface area contributed by atoms with Crippen LogP contribution in [-0.2, 0) is 4.79 Å². The summed E-state index contributed by atoms with van der Waals surface area (Å²) in [7, 11) is 0. The molecule has 0 unspecified atom stereocenters. The zero-order valence-corrected chi connectivity index (χ0v) is 17.0. The first-order valence-corrected chi connectivity index (χ1v) is 9.39. The maximum atomic E-state index is 12.7. The Kier molecular flexibility index (Phi) is 5.66. The summed E-state index contributed by atoms with van der Waals surface area (Å²) in [4.78, 5) is 25.1. The maximum absolute atomic E-state index is 12.7. The molecule has 3 aromatic rings. The molecule has 1 N–H and O–H groups in total. The minimum atomic E-state index is -0.780. The Morgan fingerprint density at radius 1 is 1.07 bits per heavy atom. The van der Waals surface area contributed by atoms with Crippen molar-refractivity contribution in [2.45, 2.75) is 33.7 Å². The average molecular weight is 396 g/mol. The number of aryl methyl sites for hydroxylation is 2. The number of nitrogens with one attached hydrogen (secondary N) is 1. The van der Waals surface area contributed by atoms with Crippen molar-refractivity contribution >= 4 is 23.2 Å². The van der Waals surface area contributed by atoms with E-state index in [1.54, 1.807) is 31.2 Å². The van der Waals surface area contributed by atoms with Crippen LogP contribution in [0.5, 0.6) is 0 Å². The van der Waals surface area contributed by atoms with Gasteiger partial charge in [-0.1, -0.05) is 29.8 Å². The molecule has 1 heterocycles. The van der Waals surface area contributed by atoms with Crippen LogP contribution in [-0.4, -0.2) is 15.7 Å². The van der Waals surface area contributed by atoms with Crippen LogP contribution < -0.4 is 10.9 Å². The van der Waals surface area contributed by atoms with E-state index in [9.17, 15) is 9.59 Å². The van der Waals surface area contributed by atoms with Crippen molar-refractivity contribution in [3.05, 3.63) is 80.6 Å². The third-order valence-electron chi connectivity index (χ3n) is 4.90. The second kappa shape index (κ2) is 7.98. The number of hydrogen-bond acceptors (Lipinski definition) is 3. The van der Waals surface area contributed by atoms with Crippen molar-refractivity contribution in [2.75, 3.05) is 5.32 Å². The van der Waals surface area contributed by atoms with Gasteiger partial charge in [-0.3, -0.25) is 9.59 Å². The molecule has 0 saturated carbocycles. The lowest BCUT2D eigenvalue weighted by Gasteiger charge is -2.16. The minimum Gasteiger partial charge on any atom is -0.324 e. The fourth-order valence-corrected chi connectivity index (χ4v) is 3.02. The van der Waals surface area contributed by atoms with Crippen molar-refractivity contribution in [2.24, 2.45) is 0 Å². The van der Waals surface area contributed by atoms with Gasteiger partial charge in [0.1, 0.15) is 6.04 Å². The summed E-state index contributed by atoms with van der Waals surface area (Å²) in [5, 5.41) is 7.83. The molecule has 6 heteroatoms. The maximum Gasteiger partial charge on any atom is 0.267 e. The van der Waals surface area contributed by atoms with Crippen molar-refractivity contribution in [1.82, 2.24) is 9.78 Å². The second-order valence-corrected chi connectivity index (χ2v) is 7.29. The van der Waals surface area contributed by atoms with Gasteiger partial charge in [0, 0.05) is 22.3 Å². The molecule has 3 rings (SSSR count). The van der Waals surface area contributed by atoms with Crippen LogP contribution in [0.4, 0.5) is 5.69 Å². The second-order valence-electron chi connectivity index (χ2n) is 6.88. The van der Waals surface area contributed by atoms with Crippen LogP contribution in [0.15, 0.2) is 53.3 Å². The van der Waals surface area contributed by atoms with Crippen LogP contribution in [0.3, 0.4) is 0 Å². The zero-order valence-electron chi connectivity index (χ0n) is 16.3. The molecule has 0 saturated heterocycles. The molecule has 0 radical (unpaired) electrons. The van der Waals surface area contributed by atoms with Crippen molar-refractivity contribution < 1.29 is 4.79 Å². The molecule has 0 bridgehead atoms. The third kappa shape index (κ3) is 3.99. The number of benzene rings is 2. The molecular formula is C22H22ClN3O2. The Balaban J connectivity index is 1.91. The van der Waals surface area contributed by atoms with Gasteiger partial charge < -0.3 is 5.32 Å². The number of hydrogen-bond donors (Lipinski definition) is 1. The molecule has 5 nitrogen and oxygen atoms in total. The third-order valence-corrected chi connectivity index (χ3v) is 5.31. The number of carbonyl (C=O) groups excluding carboxylic acids is 1. The van der Waals surface area contributed by atoms with Crippen molar-refractivity contribution in [3.8, 4) is 11.3 Å². The molecule has 0 aliphatic carbocycles. The van der Waals surface area contributed by atoms with Crippen LogP contribution in [0.2, 0.25) is 5.02 Å². The van der Waals surface area contributed by atoms with E-state index in [2.05, 4.69) is 10.4 Å². The first-order chi connectivity index (χ1) is 13.3. The normalized spacial score (nSPS) is 11.9. The molecule has 0 spiro atoms. The van der Waals surface area contributed by atoms with Gasteiger partial charge in [-0.05, 0) is 68.7 Å². The Hall–Kier alpha value is -2.92. The highest BCUT2D eigenvalue weighted by molar-refractivity contribution is 6.31. The largest absolute Gasteiger partial charge is 0.324 e. The standard InChI is InChI=1S/C22H22ClN3O2/c1-13-8-9-17(12-14(13)2)20-10-11-21(27)26(25-20)16(4)22(28)24-19-7-5-6-18(23)15(19)3/h5-12,16H,1-4H3,(H,24,28)/t16-/m0/s1. The smallest absolute Gasteiger partial charge is 0.267 e. The quantitative estimate of drug-likeness (QED) is 0.697. The molecule has 1 atom stereocenters. The summed E-state index contributed by atoms with van der Waals surface area (Å²) < 4.78 is 1.21. The fourth-order valence-electron chi connectivity index (χ4n) is 2.85. The van der Waals surface area contributed by atoms with Gasteiger partial charge in [0.2, 0.25) is 5.91 Å². The van der Waals surface area contributed by atoms with Crippen LogP contribution >= 0.6 is 11.6 Å². The summed E-state index contributed by atoms with van der Waals surface area (Å²) in [6.45, 7) is 7.54. The van der Waals surface area contributed by atoms with Gasteiger partial charge in [-0.25, -0.2) is 4.68 Å². The Morgan fingerprint density at radius 3 is 2.54 bits per heavy atom. The van der Waals surface area contributed by atoms with Crippen LogP contribution in [0, 0.1) is 20.8 Å². The summed E-state index contributed by atoms with van der Waals surface area (Å²) >= 11 is 6.11. The number of halogens is 1. The van der Waals surface area contributed by atoms with Crippen LogP contribution in [0.25, 0.3) is 11.3 Å². The lowest BCUT2D eigenvalue weighted by Crippen LogP contribution is -2.33. The monoisotopic (exact) mass is 395 g/mol. The summed E-state index contributed by atoms with van der Waals surface area (Å²) in [6, 6.07) is 13.6. The first kappa shape index (κ1) is 19.8. The lowest BCUT2D eigenvalue weighted by molar-refractivity contribution is -0.119. The summed E-state index contributed by atoms with van der Waals surface area (Å²) in [5.74, 6) is -0.336. The highest BCUT2D eigenvalue weighted by atomic mass is 35.5. The van der Waals surface area contributed by atoms with E-state index < -0.39 is 6.04 Å². The lowest BCUT2D eigenvalue weighted by atomic mass is 10.0. The van der Waals surface area contributed by atoms with E-state index in [0.717, 1.165) is 16.7 Å². The molecule has 144 valence electrons. The number of anilines is 1. The fraction of sp³-hybridized carbons (Fsp3) is 0.227. The Bertz CT molecular complexity index is 1110. The van der Waals surface area contributed by atoms with Crippen LogP contribution in [0.1, 0.15) is 29.7 Å². The van der Waals surface area contributed by atoms with E-state index in [-0.39, 0.29) is 11.5 Å². The molecule has 1 aromatic heterocycles. The minimum absolute atomic E-state index is 0.335. The molecule has 28 heavy (non-hydrogen) atoms. The first-order valence-electron chi connectivity index (χ1n) is 9.01. The Labute approximate surface area is 169 Å². The average Bonchev–Trinajstić information content (AvgIpc) is 2.67. The predicted molar refractivity (Wildman–Crippen MR) is 113 cm³/mol. The van der Waals surface area contributed by atoms with E-state index >= 15 is 0 Å². The number of aromatic nitrogens is 2. The molecule has 2 aromatic carbocycles.